The standard InChI is InChI=1S/C24H20ClF3N6O2S/c1-14-11-15(2)31-23(30-14)37-13-20-21(22(35)29-12-16-5-3-4-6-19(16)25)32-33-34(20)17-7-9-18(10-8-17)36-24(26,27)28/h3-11H,12-13H2,1-2H3,(H,29,35). The monoisotopic (exact) mass is 548 g/mol. The Labute approximate surface area is 219 Å². The molecule has 0 atom stereocenters. The number of alkyl halides is 3. The molecule has 0 aliphatic carbocycles. The second-order valence-electron chi connectivity index (χ2n) is 7.83. The van der Waals surface area contributed by atoms with Crippen LogP contribution in [0.4, 0.5) is 13.2 Å². The molecular formula is C24H20ClF3N6O2S. The van der Waals surface area contributed by atoms with Crippen LogP contribution in [0, 0.1) is 13.8 Å². The fraction of sp³-hybridized carbons (Fsp3) is 0.208. The van der Waals surface area contributed by atoms with Gasteiger partial charge in [-0.1, -0.05) is 46.8 Å². The third-order valence-electron chi connectivity index (χ3n) is 4.99. The summed E-state index contributed by atoms with van der Waals surface area (Å²) in [7, 11) is 0. The molecule has 0 saturated carbocycles. The highest BCUT2D eigenvalue weighted by molar-refractivity contribution is 7.98. The third kappa shape index (κ3) is 6.98. The van der Waals surface area contributed by atoms with E-state index in [2.05, 4.69) is 30.3 Å². The fourth-order valence-electron chi connectivity index (χ4n) is 3.40. The minimum Gasteiger partial charge on any atom is -0.406 e. The average Bonchev–Trinajstić information content (AvgIpc) is 3.25. The zero-order chi connectivity index (χ0) is 26.6. The Morgan fingerprint density at radius 1 is 1.08 bits per heavy atom. The zero-order valence-electron chi connectivity index (χ0n) is 19.6. The molecule has 13 heteroatoms. The first-order valence-electron chi connectivity index (χ1n) is 10.9. The number of hydrogen-bond acceptors (Lipinski definition) is 7. The molecule has 37 heavy (non-hydrogen) atoms. The summed E-state index contributed by atoms with van der Waals surface area (Å²) in [5.41, 5.74) is 3.17. The first-order valence-corrected chi connectivity index (χ1v) is 12.2. The number of nitrogens with zero attached hydrogens (tertiary/aromatic N) is 5. The van der Waals surface area contributed by atoms with Crippen LogP contribution in [-0.2, 0) is 12.3 Å². The number of carbonyl (C=O) groups is 1. The van der Waals surface area contributed by atoms with E-state index in [0.29, 0.717) is 21.6 Å². The van der Waals surface area contributed by atoms with Crippen molar-refractivity contribution < 1.29 is 22.7 Å². The molecule has 2 heterocycles. The van der Waals surface area contributed by atoms with E-state index < -0.39 is 12.3 Å². The van der Waals surface area contributed by atoms with E-state index in [-0.39, 0.29) is 23.7 Å². The lowest BCUT2D eigenvalue weighted by Crippen LogP contribution is -2.24. The topological polar surface area (TPSA) is 94.8 Å². The highest BCUT2D eigenvalue weighted by Gasteiger charge is 2.31. The summed E-state index contributed by atoms with van der Waals surface area (Å²) in [5, 5.41) is 12.0. The van der Waals surface area contributed by atoms with E-state index in [1.54, 1.807) is 18.2 Å². The van der Waals surface area contributed by atoms with E-state index in [9.17, 15) is 18.0 Å². The Bertz CT molecular complexity index is 1390. The number of aryl methyl sites for hydroxylation is 2. The van der Waals surface area contributed by atoms with Gasteiger partial charge in [0.05, 0.1) is 11.4 Å². The summed E-state index contributed by atoms with van der Waals surface area (Å²) in [6, 6.07) is 14.0. The van der Waals surface area contributed by atoms with Crippen molar-refractivity contribution in [2.45, 2.75) is 37.7 Å². The average molecular weight is 549 g/mol. The Hall–Kier alpha value is -3.64. The van der Waals surface area contributed by atoms with Crippen molar-refractivity contribution >= 4 is 29.3 Å². The molecule has 1 N–H and O–H groups in total. The molecule has 0 aliphatic rings. The predicted molar refractivity (Wildman–Crippen MR) is 132 cm³/mol. The lowest BCUT2D eigenvalue weighted by molar-refractivity contribution is -0.274. The van der Waals surface area contributed by atoms with Crippen LogP contribution in [0.3, 0.4) is 0 Å². The first-order chi connectivity index (χ1) is 17.6. The van der Waals surface area contributed by atoms with Crippen LogP contribution < -0.4 is 10.1 Å². The molecule has 8 nitrogen and oxygen atoms in total. The smallest absolute Gasteiger partial charge is 0.406 e. The number of thioether (sulfide) groups is 1. The molecule has 0 aliphatic heterocycles. The van der Waals surface area contributed by atoms with Gasteiger partial charge in [0.15, 0.2) is 10.9 Å². The van der Waals surface area contributed by atoms with E-state index >= 15 is 0 Å². The lowest BCUT2D eigenvalue weighted by atomic mass is 10.2. The Morgan fingerprint density at radius 3 is 2.41 bits per heavy atom. The van der Waals surface area contributed by atoms with Crippen molar-refractivity contribution in [3.05, 3.63) is 88.0 Å². The molecule has 2 aromatic heterocycles. The van der Waals surface area contributed by atoms with Crippen molar-refractivity contribution in [1.29, 1.82) is 0 Å². The van der Waals surface area contributed by atoms with E-state index in [4.69, 9.17) is 11.6 Å². The first kappa shape index (κ1) is 26.4. The molecule has 4 aromatic rings. The Kier molecular flexibility index (Phi) is 7.98. The van der Waals surface area contributed by atoms with E-state index in [0.717, 1.165) is 29.1 Å². The van der Waals surface area contributed by atoms with Crippen molar-refractivity contribution in [3.8, 4) is 11.4 Å². The summed E-state index contributed by atoms with van der Waals surface area (Å²) < 4.78 is 43.0. The number of nitrogens with one attached hydrogen (secondary N) is 1. The highest BCUT2D eigenvalue weighted by Crippen LogP contribution is 2.27. The molecule has 0 bridgehead atoms. The molecule has 0 spiro atoms. The fourth-order valence-corrected chi connectivity index (χ4v) is 4.54. The molecular weight excluding hydrogens is 529 g/mol. The Balaban J connectivity index is 1.62. The Morgan fingerprint density at radius 2 is 1.76 bits per heavy atom. The number of benzene rings is 2. The SMILES string of the molecule is Cc1cc(C)nc(SCc2c(C(=O)NCc3ccccc3Cl)nnn2-c2ccc(OC(F)(F)F)cc2)n1. The van der Waals surface area contributed by atoms with Gasteiger partial charge in [-0.05, 0) is 55.8 Å². The maximum atomic E-state index is 13.1. The van der Waals surface area contributed by atoms with Gasteiger partial charge in [-0.2, -0.15) is 0 Å². The van der Waals surface area contributed by atoms with Gasteiger partial charge in [0.25, 0.3) is 5.91 Å². The number of hydrogen-bond donors (Lipinski definition) is 1. The minimum absolute atomic E-state index is 0.0551. The highest BCUT2D eigenvalue weighted by atomic mass is 35.5. The normalized spacial score (nSPS) is 11.4. The summed E-state index contributed by atoms with van der Waals surface area (Å²) >= 11 is 7.46. The van der Waals surface area contributed by atoms with Crippen LogP contribution in [0.1, 0.15) is 33.1 Å². The molecule has 2 aromatic carbocycles. The van der Waals surface area contributed by atoms with Gasteiger partial charge >= 0.3 is 6.36 Å². The van der Waals surface area contributed by atoms with Crippen LogP contribution in [0.2, 0.25) is 5.02 Å². The number of carbonyl (C=O) groups excluding carboxylic acids is 1. The van der Waals surface area contributed by atoms with Crippen molar-refractivity contribution in [2.24, 2.45) is 0 Å². The number of aromatic nitrogens is 5. The van der Waals surface area contributed by atoms with Gasteiger partial charge in [0.2, 0.25) is 0 Å². The maximum absolute atomic E-state index is 13.1. The summed E-state index contributed by atoms with van der Waals surface area (Å²) in [6.07, 6.45) is -4.81. The number of ether oxygens (including phenoxy) is 1. The minimum atomic E-state index is -4.81. The second-order valence-corrected chi connectivity index (χ2v) is 9.18. The van der Waals surface area contributed by atoms with Gasteiger partial charge in [-0.3, -0.25) is 4.79 Å². The largest absolute Gasteiger partial charge is 0.573 e. The van der Waals surface area contributed by atoms with Crippen LogP contribution >= 0.6 is 23.4 Å². The molecule has 0 saturated heterocycles. The number of halogens is 4. The van der Waals surface area contributed by atoms with Gasteiger partial charge in [0, 0.05) is 28.7 Å². The van der Waals surface area contributed by atoms with Gasteiger partial charge < -0.3 is 10.1 Å². The molecule has 0 unspecified atom stereocenters. The van der Waals surface area contributed by atoms with E-state index in [1.807, 2.05) is 26.0 Å². The maximum Gasteiger partial charge on any atom is 0.573 e. The summed E-state index contributed by atoms with van der Waals surface area (Å²) in [5.74, 6) is -0.653. The predicted octanol–water partition coefficient (Wildman–Crippen LogP) is 5.45. The van der Waals surface area contributed by atoms with Gasteiger partial charge in [-0.15, -0.1) is 18.3 Å². The second kappa shape index (κ2) is 11.2. The quantitative estimate of drug-likeness (QED) is 0.231. The number of amides is 1. The molecule has 192 valence electrons. The van der Waals surface area contributed by atoms with Gasteiger partial charge in [-0.25, -0.2) is 14.6 Å². The van der Waals surface area contributed by atoms with E-state index in [1.165, 1.54) is 28.6 Å². The van der Waals surface area contributed by atoms with Crippen molar-refractivity contribution in [2.75, 3.05) is 0 Å². The lowest BCUT2D eigenvalue weighted by Gasteiger charge is -2.11. The van der Waals surface area contributed by atoms with Gasteiger partial charge in [0.1, 0.15) is 5.75 Å². The number of rotatable bonds is 8. The molecule has 0 radical (unpaired) electrons. The molecule has 1 amide bonds. The van der Waals surface area contributed by atoms with Crippen LogP contribution in [-0.4, -0.2) is 37.2 Å². The third-order valence-corrected chi connectivity index (χ3v) is 6.22. The van der Waals surface area contributed by atoms with Crippen LogP contribution in [0.15, 0.2) is 59.8 Å². The van der Waals surface area contributed by atoms with Crippen molar-refractivity contribution in [1.82, 2.24) is 30.3 Å². The summed E-state index contributed by atoms with van der Waals surface area (Å²) in [4.78, 5) is 21.9. The molecule has 4 rings (SSSR count). The zero-order valence-corrected chi connectivity index (χ0v) is 21.2. The van der Waals surface area contributed by atoms with Crippen LogP contribution in [0.5, 0.6) is 5.75 Å². The molecule has 0 fully saturated rings. The van der Waals surface area contributed by atoms with Crippen LogP contribution in [0.25, 0.3) is 5.69 Å². The summed E-state index contributed by atoms with van der Waals surface area (Å²) in [6.45, 7) is 3.87. The van der Waals surface area contributed by atoms with Crippen molar-refractivity contribution in [3.63, 3.8) is 0 Å².